The number of rotatable bonds is 2. The van der Waals surface area contributed by atoms with E-state index < -0.39 is 12.0 Å². The molecule has 6 nitrogen and oxygen atoms in total. The molecule has 0 spiro atoms. The average molecular weight is 235 g/mol. The number of carboxylic acid groups (broad SMARTS) is 1. The fourth-order valence-electron chi connectivity index (χ4n) is 2.24. The number of carbonyl (C=O) groups is 1. The summed E-state index contributed by atoms with van der Waals surface area (Å²) in [6.45, 7) is 0.704. The third kappa shape index (κ3) is 1.76. The molecule has 0 saturated carbocycles. The first-order valence-corrected chi connectivity index (χ1v) is 5.50. The van der Waals surface area contributed by atoms with Crippen molar-refractivity contribution in [1.82, 2.24) is 16.4 Å². The van der Waals surface area contributed by atoms with Gasteiger partial charge in [0.15, 0.2) is 0 Å². The molecule has 1 saturated heterocycles. The predicted octanol–water partition coefficient (Wildman–Crippen LogP) is -0.272. The number of benzene rings is 1. The van der Waals surface area contributed by atoms with Crippen LogP contribution < -0.4 is 21.1 Å². The van der Waals surface area contributed by atoms with E-state index in [-0.39, 0.29) is 6.04 Å². The molecule has 2 unspecified atom stereocenters. The van der Waals surface area contributed by atoms with Crippen molar-refractivity contribution in [2.45, 2.75) is 18.5 Å². The van der Waals surface area contributed by atoms with Crippen molar-refractivity contribution in [3.05, 3.63) is 29.3 Å². The maximum Gasteiger partial charge on any atom is 0.324 e. The van der Waals surface area contributed by atoms with Crippen LogP contribution in [-0.4, -0.2) is 23.7 Å². The van der Waals surface area contributed by atoms with Crippen LogP contribution in [0.15, 0.2) is 18.2 Å². The van der Waals surface area contributed by atoms with Crippen LogP contribution in [0, 0.1) is 0 Å². The van der Waals surface area contributed by atoms with Crippen LogP contribution in [0.4, 0.5) is 0 Å². The van der Waals surface area contributed by atoms with Crippen LogP contribution >= 0.6 is 0 Å². The van der Waals surface area contributed by atoms with Gasteiger partial charge in [-0.25, -0.2) is 10.9 Å². The quantitative estimate of drug-likeness (QED) is 0.565. The van der Waals surface area contributed by atoms with E-state index in [4.69, 9.17) is 9.84 Å². The minimum atomic E-state index is -0.885. The Balaban J connectivity index is 1.91. The number of aliphatic carboxylic acids is 1. The van der Waals surface area contributed by atoms with Crippen LogP contribution in [0.3, 0.4) is 0 Å². The molecule has 2 atom stereocenters. The Morgan fingerprint density at radius 1 is 1.41 bits per heavy atom. The summed E-state index contributed by atoms with van der Waals surface area (Å²) < 4.78 is 5.42. The Bertz CT molecular complexity index is 463. The van der Waals surface area contributed by atoms with Gasteiger partial charge < -0.3 is 9.84 Å². The van der Waals surface area contributed by atoms with Gasteiger partial charge in [-0.3, -0.25) is 4.79 Å². The maximum atomic E-state index is 11.1. The van der Waals surface area contributed by atoms with Crippen molar-refractivity contribution < 1.29 is 14.6 Å². The molecule has 17 heavy (non-hydrogen) atoms. The Labute approximate surface area is 97.9 Å². The maximum absolute atomic E-state index is 11.1. The minimum Gasteiger partial charge on any atom is -0.493 e. The summed E-state index contributed by atoms with van der Waals surface area (Å²) in [4.78, 5) is 11.1. The molecule has 1 aromatic rings. The average Bonchev–Trinajstić information content (AvgIpc) is 2.96. The highest BCUT2D eigenvalue weighted by Crippen LogP contribution is 2.29. The first kappa shape index (κ1) is 10.5. The van der Waals surface area contributed by atoms with Gasteiger partial charge in [-0.15, -0.1) is 0 Å². The largest absolute Gasteiger partial charge is 0.493 e. The molecule has 2 aliphatic heterocycles. The fraction of sp³-hybridized carbons (Fsp3) is 0.364. The number of hydrogen-bond acceptors (Lipinski definition) is 5. The second kappa shape index (κ2) is 3.99. The molecule has 90 valence electrons. The third-order valence-corrected chi connectivity index (χ3v) is 3.13. The molecule has 4 N–H and O–H groups in total. The van der Waals surface area contributed by atoms with Crippen LogP contribution in [0.25, 0.3) is 0 Å². The predicted molar refractivity (Wildman–Crippen MR) is 59.2 cm³/mol. The van der Waals surface area contributed by atoms with Crippen LogP contribution in [-0.2, 0) is 11.2 Å². The van der Waals surface area contributed by atoms with Crippen molar-refractivity contribution in [3.8, 4) is 5.75 Å². The van der Waals surface area contributed by atoms with E-state index in [1.807, 2.05) is 18.2 Å². The number of nitrogens with one attached hydrogen (secondary N) is 3. The summed E-state index contributed by atoms with van der Waals surface area (Å²) in [5.41, 5.74) is 10.3. The molecule has 1 fully saturated rings. The monoisotopic (exact) mass is 235 g/mol. The van der Waals surface area contributed by atoms with E-state index in [2.05, 4.69) is 16.4 Å². The highest BCUT2D eigenvalue weighted by Gasteiger charge is 2.34. The van der Waals surface area contributed by atoms with E-state index >= 15 is 0 Å². The molecular formula is C11H13N3O3. The van der Waals surface area contributed by atoms with E-state index in [0.717, 1.165) is 23.3 Å². The standard InChI is InChI=1S/C11H13N3O3/c15-11(16)10-9(12-14-13-10)7-1-2-8-6(5-7)3-4-17-8/h1-2,5,9-10,12-14H,3-4H2,(H,15,16). The minimum absolute atomic E-state index is 0.279. The first-order chi connectivity index (χ1) is 8.25. The first-order valence-electron chi connectivity index (χ1n) is 5.50. The second-order valence-corrected chi connectivity index (χ2v) is 4.17. The van der Waals surface area contributed by atoms with E-state index in [0.29, 0.717) is 6.61 Å². The van der Waals surface area contributed by atoms with Gasteiger partial charge in [-0.05, 0) is 17.2 Å². The Morgan fingerprint density at radius 2 is 2.29 bits per heavy atom. The van der Waals surface area contributed by atoms with Crippen molar-refractivity contribution in [2.24, 2.45) is 0 Å². The van der Waals surface area contributed by atoms with Crippen molar-refractivity contribution >= 4 is 5.97 Å². The zero-order valence-corrected chi connectivity index (χ0v) is 9.06. The summed E-state index contributed by atoms with van der Waals surface area (Å²) in [6.07, 6.45) is 0.883. The van der Waals surface area contributed by atoms with Gasteiger partial charge in [0.1, 0.15) is 11.8 Å². The lowest BCUT2D eigenvalue weighted by molar-refractivity contribution is -0.139. The third-order valence-electron chi connectivity index (χ3n) is 3.13. The summed E-state index contributed by atoms with van der Waals surface area (Å²) in [7, 11) is 0. The van der Waals surface area contributed by atoms with Gasteiger partial charge in [-0.1, -0.05) is 12.1 Å². The molecule has 2 heterocycles. The molecule has 0 bridgehead atoms. The lowest BCUT2D eigenvalue weighted by atomic mass is 9.98. The number of hydrogen-bond donors (Lipinski definition) is 4. The zero-order valence-electron chi connectivity index (χ0n) is 9.06. The van der Waals surface area contributed by atoms with Gasteiger partial charge in [0.2, 0.25) is 0 Å². The number of hydrazine groups is 2. The number of ether oxygens (including phenoxy) is 1. The fourth-order valence-corrected chi connectivity index (χ4v) is 2.24. The van der Waals surface area contributed by atoms with Crippen molar-refractivity contribution in [1.29, 1.82) is 0 Å². The Hall–Kier alpha value is -1.63. The van der Waals surface area contributed by atoms with E-state index in [9.17, 15) is 4.79 Å². The van der Waals surface area contributed by atoms with Crippen LogP contribution in [0.1, 0.15) is 17.2 Å². The topological polar surface area (TPSA) is 82.6 Å². The molecule has 1 aromatic carbocycles. The zero-order chi connectivity index (χ0) is 11.8. The van der Waals surface area contributed by atoms with Crippen molar-refractivity contribution in [3.63, 3.8) is 0 Å². The Morgan fingerprint density at radius 3 is 3.12 bits per heavy atom. The lowest BCUT2D eigenvalue weighted by Gasteiger charge is -2.15. The number of fused-ring (bicyclic) bond motifs is 1. The SMILES string of the molecule is O=C(O)C1NNNC1c1ccc2c(c1)CCO2. The molecule has 0 amide bonds. The van der Waals surface area contributed by atoms with Gasteiger partial charge in [-0.2, -0.15) is 5.53 Å². The van der Waals surface area contributed by atoms with Gasteiger partial charge >= 0.3 is 5.97 Å². The molecule has 0 aromatic heterocycles. The molecular weight excluding hydrogens is 222 g/mol. The molecule has 0 aliphatic carbocycles. The summed E-state index contributed by atoms with van der Waals surface area (Å²) in [5.74, 6) is 0.0174. The van der Waals surface area contributed by atoms with E-state index in [1.54, 1.807) is 0 Å². The smallest absolute Gasteiger partial charge is 0.324 e. The van der Waals surface area contributed by atoms with E-state index in [1.165, 1.54) is 0 Å². The number of carboxylic acids is 1. The summed E-state index contributed by atoms with van der Waals surface area (Å²) >= 11 is 0. The van der Waals surface area contributed by atoms with Crippen molar-refractivity contribution in [2.75, 3.05) is 6.61 Å². The highest BCUT2D eigenvalue weighted by molar-refractivity contribution is 5.75. The lowest BCUT2D eigenvalue weighted by Crippen LogP contribution is -2.38. The van der Waals surface area contributed by atoms with Gasteiger partial charge in [0, 0.05) is 6.42 Å². The highest BCUT2D eigenvalue weighted by atomic mass is 16.5. The molecule has 3 rings (SSSR count). The summed E-state index contributed by atoms with van der Waals surface area (Å²) in [6, 6.07) is 4.85. The molecule has 6 heteroatoms. The second-order valence-electron chi connectivity index (χ2n) is 4.17. The summed E-state index contributed by atoms with van der Waals surface area (Å²) in [5, 5.41) is 9.07. The van der Waals surface area contributed by atoms with Crippen LogP contribution in [0.2, 0.25) is 0 Å². The molecule has 0 radical (unpaired) electrons. The normalized spacial score (nSPS) is 26.6. The van der Waals surface area contributed by atoms with Gasteiger partial charge in [0.25, 0.3) is 0 Å². The Kier molecular flexibility index (Phi) is 2.47. The van der Waals surface area contributed by atoms with Gasteiger partial charge in [0.05, 0.1) is 12.6 Å². The van der Waals surface area contributed by atoms with Crippen LogP contribution in [0.5, 0.6) is 5.75 Å². The molecule has 2 aliphatic rings.